The number of hydrogen-bond donors (Lipinski definition) is 0. The van der Waals surface area contributed by atoms with Gasteiger partial charge in [0.1, 0.15) is 44.9 Å². The van der Waals surface area contributed by atoms with Crippen LogP contribution in [0.25, 0.3) is 0 Å². The summed E-state index contributed by atoms with van der Waals surface area (Å²) in [6, 6.07) is 9.42. The second-order valence-corrected chi connectivity index (χ2v) is 14.1. The van der Waals surface area contributed by atoms with Crippen molar-refractivity contribution in [1.29, 1.82) is 0 Å². The van der Waals surface area contributed by atoms with E-state index in [1.165, 1.54) is 62.8 Å². The number of unbranched alkanes of at least 4 members (excludes halogenated alkanes) is 10. The summed E-state index contributed by atoms with van der Waals surface area (Å²) in [5.41, 5.74) is 1.59. The molecular formula is C34H52Na2O10S2. The Bertz CT molecular complexity index is 1250. The van der Waals surface area contributed by atoms with Crippen molar-refractivity contribution in [1.82, 2.24) is 0 Å². The first-order valence-electron chi connectivity index (χ1n) is 16.6. The summed E-state index contributed by atoms with van der Waals surface area (Å²) in [5, 5.41) is 0. The van der Waals surface area contributed by atoms with E-state index in [9.17, 15) is 25.9 Å². The normalized spacial score (nSPS) is 11.5. The summed E-state index contributed by atoms with van der Waals surface area (Å²) >= 11 is 0. The van der Waals surface area contributed by atoms with Crippen molar-refractivity contribution in [3.63, 3.8) is 0 Å². The van der Waals surface area contributed by atoms with E-state index in [2.05, 4.69) is 13.8 Å². The van der Waals surface area contributed by atoms with Crippen molar-refractivity contribution in [2.75, 3.05) is 39.6 Å². The van der Waals surface area contributed by atoms with E-state index in [1.54, 1.807) is 12.1 Å². The summed E-state index contributed by atoms with van der Waals surface area (Å²) in [6.45, 7) is 5.16. The molecule has 0 N–H and O–H groups in total. The Kier molecular flexibility index (Phi) is 27.3. The minimum absolute atomic E-state index is 0. The van der Waals surface area contributed by atoms with E-state index in [-0.39, 0.29) is 120 Å². The molecule has 0 amide bonds. The van der Waals surface area contributed by atoms with Gasteiger partial charge in [-0.25, -0.2) is 16.8 Å². The molecule has 14 heteroatoms. The summed E-state index contributed by atoms with van der Waals surface area (Å²) in [7, 11) is -9.40. The van der Waals surface area contributed by atoms with Crippen molar-refractivity contribution >= 4 is 20.2 Å². The fraction of sp³-hybridized carbons (Fsp3) is 0.647. The smallest absolute Gasteiger partial charge is 0.744 e. The Balaban J connectivity index is 0.0000110. The maximum Gasteiger partial charge on any atom is 1.00 e. The molecule has 0 spiro atoms. The first-order chi connectivity index (χ1) is 22.1. The summed E-state index contributed by atoms with van der Waals surface area (Å²) < 4.78 is 92.9. The number of rotatable bonds is 27. The molecule has 2 aromatic rings. The second-order valence-electron chi connectivity index (χ2n) is 11.4. The molecule has 0 aliphatic carbocycles. The molecule has 2 rings (SSSR count). The average molecular weight is 731 g/mol. The van der Waals surface area contributed by atoms with Gasteiger partial charge in [-0.15, -0.1) is 0 Å². The molecular weight excluding hydrogens is 678 g/mol. The molecule has 0 atom stereocenters. The fourth-order valence-corrected chi connectivity index (χ4v) is 6.35. The summed E-state index contributed by atoms with van der Waals surface area (Å²) in [6.07, 6.45) is 14.8. The van der Waals surface area contributed by atoms with Crippen LogP contribution >= 0.6 is 0 Å². The van der Waals surface area contributed by atoms with Crippen molar-refractivity contribution in [2.45, 2.75) is 114 Å². The molecule has 48 heavy (non-hydrogen) atoms. The zero-order chi connectivity index (χ0) is 33.7. The Hall–Kier alpha value is -0.220. The molecule has 0 unspecified atom stereocenters. The Morgan fingerprint density at radius 3 is 1.19 bits per heavy atom. The average Bonchev–Trinajstić information content (AvgIpc) is 3.01. The molecule has 0 fully saturated rings. The maximum absolute atomic E-state index is 11.8. The van der Waals surface area contributed by atoms with Crippen molar-refractivity contribution < 1.29 is 104 Å². The van der Waals surface area contributed by atoms with Crippen molar-refractivity contribution in [2.24, 2.45) is 0 Å². The standard InChI is InChI=1S/C34H54O10S2.2Na/c1-3-5-7-9-11-13-15-29-17-19-31(33(27-29)45(35,36)37)43-25-23-41-21-22-42-24-26-44-32-20-18-30(28-34(32)46(38,39)40)16-14-12-10-8-6-4-2;;/h17-20,27-28H,3-16,21-26H2,1-2H3,(H,35,36,37)(H,38,39,40);;/q;2*+1/p-2. The van der Waals surface area contributed by atoms with Gasteiger partial charge in [-0.1, -0.05) is 90.2 Å². The predicted molar refractivity (Wildman–Crippen MR) is 176 cm³/mol. The van der Waals surface area contributed by atoms with E-state index >= 15 is 0 Å². The molecule has 262 valence electrons. The van der Waals surface area contributed by atoms with Gasteiger partial charge >= 0.3 is 59.1 Å². The molecule has 0 aromatic heterocycles. The van der Waals surface area contributed by atoms with Gasteiger partial charge in [0.2, 0.25) is 0 Å². The van der Waals surface area contributed by atoms with Crippen LogP contribution in [0.1, 0.15) is 102 Å². The first kappa shape index (κ1) is 47.8. The third-order valence-corrected chi connectivity index (χ3v) is 9.25. The molecule has 0 saturated carbocycles. The van der Waals surface area contributed by atoms with E-state index in [1.807, 2.05) is 0 Å². The second kappa shape index (κ2) is 27.4. The molecule has 0 bridgehead atoms. The molecule has 10 nitrogen and oxygen atoms in total. The minimum Gasteiger partial charge on any atom is -0.744 e. The Morgan fingerprint density at radius 2 is 0.833 bits per heavy atom. The minimum atomic E-state index is -4.70. The molecule has 0 aliphatic heterocycles. The van der Waals surface area contributed by atoms with Gasteiger partial charge in [0.25, 0.3) is 0 Å². The number of ether oxygens (including phenoxy) is 4. The SMILES string of the molecule is CCCCCCCCc1ccc(OCCOCCOCCOc2ccc(CCCCCCCC)cc2S(=O)(=O)[O-])c(S(=O)(=O)[O-])c1.[Na+].[Na+]. The molecule has 0 radical (unpaired) electrons. The van der Waals surface area contributed by atoms with Crippen LogP contribution in [0.2, 0.25) is 0 Å². The van der Waals surface area contributed by atoms with Crippen LogP contribution in [0, 0.1) is 0 Å². The third kappa shape index (κ3) is 20.6. The monoisotopic (exact) mass is 730 g/mol. The topological polar surface area (TPSA) is 151 Å². The first-order valence-corrected chi connectivity index (χ1v) is 19.5. The van der Waals surface area contributed by atoms with E-state index in [0.29, 0.717) is 12.8 Å². The van der Waals surface area contributed by atoms with Crippen LogP contribution in [0.15, 0.2) is 46.2 Å². The van der Waals surface area contributed by atoms with Crippen LogP contribution in [-0.4, -0.2) is 65.6 Å². The quantitative estimate of drug-likeness (QED) is 0.0734. The fourth-order valence-electron chi connectivity index (χ4n) is 5.01. The van der Waals surface area contributed by atoms with Crippen molar-refractivity contribution in [3.8, 4) is 11.5 Å². The van der Waals surface area contributed by atoms with Gasteiger partial charge in [0.15, 0.2) is 0 Å². The zero-order valence-electron chi connectivity index (χ0n) is 29.5. The zero-order valence-corrected chi connectivity index (χ0v) is 35.1. The van der Waals surface area contributed by atoms with E-state index in [4.69, 9.17) is 18.9 Å². The van der Waals surface area contributed by atoms with Gasteiger partial charge in [-0.05, 0) is 61.1 Å². The van der Waals surface area contributed by atoms with E-state index < -0.39 is 20.2 Å². The van der Waals surface area contributed by atoms with Gasteiger partial charge in [-0.2, -0.15) is 0 Å². The Morgan fingerprint density at radius 1 is 0.500 bits per heavy atom. The molecule has 2 aromatic carbocycles. The van der Waals surface area contributed by atoms with Gasteiger partial charge in [-0.3, -0.25) is 0 Å². The van der Waals surface area contributed by atoms with Gasteiger partial charge in [0.05, 0.1) is 36.2 Å². The predicted octanol–water partition coefficient (Wildman–Crippen LogP) is 0.800. The summed E-state index contributed by atoms with van der Waals surface area (Å²) in [5.74, 6) is 0.0159. The largest absolute Gasteiger partial charge is 1.00 e. The molecule has 0 saturated heterocycles. The van der Waals surface area contributed by atoms with Gasteiger partial charge in [0, 0.05) is 0 Å². The molecule has 0 heterocycles. The Labute approximate surface area is 333 Å². The van der Waals surface area contributed by atoms with Gasteiger partial charge < -0.3 is 28.1 Å². The van der Waals surface area contributed by atoms with Crippen LogP contribution < -0.4 is 68.6 Å². The van der Waals surface area contributed by atoms with Crippen LogP contribution in [0.5, 0.6) is 11.5 Å². The molecule has 0 aliphatic rings. The number of hydrogen-bond acceptors (Lipinski definition) is 10. The summed E-state index contributed by atoms with van der Waals surface area (Å²) in [4.78, 5) is -0.723. The van der Waals surface area contributed by atoms with Crippen molar-refractivity contribution in [3.05, 3.63) is 47.5 Å². The van der Waals surface area contributed by atoms with Crippen LogP contribution in [-0.2, 0) is 42.6 Å². The van der Waals surface area contributed by atoms with E-state index in [0.717, 1.165) is 49.7 Å². The maximum atomic E-state index is 11.8. The third-order valence-electron chi connectivity index (χ3n) is 7.54. The number of aryl methyl sites for hydroxylation is 2. The van der Waals surface area contributed by atoms with Crippen LogP contribution in [0.3, 0.4) is 0 Å². The van der Waals surface area contributed by atoms with Crippen LogP contribution in [0.4, 0.5) is 0 Å². The number of benzene rings is 2.